The summed E-state index contributed by atoms with van der Waals surface area (Å²) in [5.74, 6) is 1.40. The molecule has 3 unspecified atom stereocenters. The highest BCUT2D eigenvalue weighted by Crippen LogP contribution is 2.35. The number of hydrogen-bond acceptors (Lipinski definition) is 6. The highest BCUT2D eigenvalue weighted by molar-refractivity contribution is 5.90. The highest BCUT2D eigenvalue weighted by Gasteiger charge is 2.36. The lowest BCUT2D eigenvalue weighted by atomic mass is 9.98. The van der Waals surface area contributed by atoms with Crippen LogP contribution in [0.5, 0.6) is 0 Å². The summed E-state index contributed by atoms with van der Waals surface area (Å²) in [5.41, 5.74) is 12.9. The standard InChI is InChI=1S/C39H38N8O2/c40-39(17-5-18-44-39)38-42-23-33(46-38)31-16-15-29-20-28(13-14-30(29)21-31)25-9-11-26(12-10-25)32-22-41-36(45-32)34-8-4-19-47(34)37(49)35(43-24-48)27-6-2-1-3-7-27/h1-3,6-7,9-16,20-24,34-35,44H,4-5,8,17-19,40H2,(H,41,45)(H,42,46)(H,43,48). The van der Waals surface area contributed by atoms with Crippen molar-refractivity contribution in [1.29, 1.82) is 0 Å². The number of carbonyl (C=O) groups is 2. The van der Waals surface area contributed by atoms with E-state index in [-0.39, 0.29) is 11.9 Å². The van der Waals surface area contributed by atoms with Gasteiger partial charge in [-0.25, -0.2) is 9.97 Å². The van der Waals surface area contributed by atoms with Crippen LogP contribution < -0.4 is 16.4 Å². The molecular formula is C39H38N8O2. The summed E-state index contributed by atoms with van der Waals surface area (Å²) in [6.07, 6.45) is 7.86. The van der Waals surface area contributed by atoms with E-state index in [9.17, 15) is 9.59 Å². The summed E-state index contributed by atoms with van der Waals surface area (Å²) >= 11 is 0. The first kappa shape index (κ1) is 30.7. The molecule has 2 saturated heterocycles. The maximum Gasteiger partial charge on any atom is 0.250 e. The van der Waals surface area contributed by atoms with Gasteiger partial charge in [-0.05, 0) is 77.4 Å². The number of benzene rings is 4. The Bertz CT molecular complexity index is 2110. The van der Waals surface area contributed by atoms with Gasteiger partial charge in [0.05, 0.1) is 29.8 Å². The minimum Gasteiger partial charge on any atom is -0.343 e. The van der Waals surface area contributed by atoms with Gasteiger partial charge in [0.25, 0.3) is 0 Å². The number of hydrogen-bond donors (Lipinski definition) is 5. The van der Waals surface area contributed by atoms with E-state index >= 15 is 0 Å². The smallest absolute Gasteiger partial charge is 0.250 e. The molecule has 10 nitrogen and oxygen atoms in total. The van der Waals surface area contributed by atoms with Gasteiger partial charge in [0, 0.05) is 12.1 Å². The number of likely N-dealkylation sites (tertiary alicyclic amines) is 1. The van der Waals surface area contributed by atoms with Gasteiger partial charge in [-0.1, -0.05) is 78.9 Å². The molecule has 0 aliphatic carbocycles. The van der Waals surface area contributed by atoms with Crippen LogP contribution in [0.25, 0.3) is 44.4 Å². The molecule has 0 spiro atoms. The van der Waals surface area contributed by atoms with Crippen LogP contribution in [0.2, 0.25) is 0 Å². The number of amides is 2. The van der Waals surface area contributed by atoms with Gasteiger partial charge in [-0.15, -0.1) is 0 Å². The Morgan fingerprint density at radius 2 is 1.55 bits per heavy atom. The fourth-order valence-corrected chi connectivity index (χ4v) is 7.26. The summed E-state index contributed by atoms with van der Waals surface area (Å²) < 4.78 is 0. The molecule has 6 aromatic rings. The number of nitrogens with one attached hydrogen (secondary N) is 4. The summed E-state index contributed by atoms with van der Waals surface area (Å²) in [6, 6.07) is 29.8. The SMILES string of the molecule is NC1(c2ncc(-c3ccc4cc(-c5ccc(-c6cnc(C7CCCN7C(=O)C(NC=O)c7ccccc7)[nH]6)cc5)ccc4c3)[nH]2)CCCN1. The van der Waals surface area contributed by atoms with Gasteiger partial charge in [-0.2, -0.15) is 0 Å². The van der Waals surface area contributed by atoms with E-state index in [2.05, 4.69) is 86.2 Å². The van der Waals surface area contributed by atoms with Crippen molar-refractivity contribution in [2.24, 2.45) is 5.73 Å². The molecule has 4 heterocycles. The van der Waals surface area contributed by atoms with Gasteiger partial charge >= 0.3 is 0 Å². The van der Waals surface area contributed by atoms with Crippen molar-refractivity contribution in [3.8, 4) is 33.6 Å². The van der Waals surface area contributed by atoms with Crippen LogP contribution in [-0.4, -0.2) is 50.2 Å². The lowest BCUT2D eigenvalue weighted by molar-refractivity contribution is -0.136. The predicted molar refractivity (Wildman–Crippen MR) is 190 cm³/mol. The van der Waals surface area contributed by atoms with E-state index in [0.29, 0.717) is 13.0 Å². The van der Waals surface area contributed by atoms with Crippen molar-refractivity contribution in [3.63, 3.8) is 0 Å². The molecular weight excluding hydrogens is 612 g/mol. The molecule has 2 aliphatic rings. The molecule has 0 saturated carbocycles. The number of rotatable bonds is 9. The molecule has 2 aromatic heterocycles. The number of nitrogens with two attached hydrogens (primary N) is 1. The van der Waals surface area contributed by atoms with Crippen molar-refractivity contribution in [2.45, 2.75) is 43.4 Å². The van der Waals surface area contributed by atoms with E-state index < -0.39 is 11.7 Å². The molecule has 4 aromatic carbocycles. The van der Waals surface area contributed by atoms with Gasteiger partial charge < -0.3 is 25.9 Å². The van der Waals surface area contributed by atoms with Crippen LogP contribution in [0, 0.1) is 0 Å². The number of imidazole rings is 2. The van der Waals surface area contributed by atoms with Crippen LogP contribution in [0.1, 0.15) is 55.0 Å². The van der Waals surface area contributed by atoms with Crippen molar-refractivity contribution in [2.75, 3.05) is 13.1 Å². The second-order valence-corrected chi connectivity index (χ2v) is 13.0. The topological polar surface area (TPSA) is 145 Å². The first-order valence-electron chi connectivity index (χ1n) is 16.8. The van der Waals surface area contributed by atoms with Crippen LogP contribution in [0.4, 0.5) is 0 Å². The number of H-pyrrole nitrogens is 2. The van der Waals surface area contributed by atoms with Crippen molar-refractivity contribution in [1.82, 2.24) is 35.5 Å². The number of aromatic amines is 2. The molecule has 3 atom stereocenters. The lowest BCUT2D eigenvalue weighted by Crippen LogP contribution is -2.46. The number of aromatic nitrogens is 4. The Morgan fingerprint density at radius 1 is 0.857 bits per heavy atom. The second kappa shape index (κ2) is 12.8. The molecule has 2 amide bonds. The first-order valence-corrected chi connectivity index (χ1v) is 16.8. The Hall–Kier alpha value is -5.58. The summed E-state index contributed by atoms with van der Waals surface area (Å²) in [4.78, 5) is 43.1. The summed E-state index contributed by atoms with van der Waals surface area (Å²) in [7, 11) is 0. The lowest BCUT2D eigenvalue weighted by Gasteiger charge is -2.28. The van der Waals surface area contributed by atoms with Gasteiger partial charge in [0.1, 0.15) is 23.4 Å². The zero-order chi connectivity index (χ0) is 33.4. The van der Waals surface area contributed by atoms with E-state index in [1.807, 2.05) is 47.6 Å². The predicted octanol–water partition coefficient (Wildman–Crippen LogP) is 5.93. The van der Waals surface area contributed by atoms with E-state index in [1.165, 1.54) is 0 Å². The Morgan fingerprint density at radius 3 is 2.31 bits per heavy atom. The fraction of sp³-hybridized carbons (Fsp3) is 0.231. The van der Waals surface area contributed by atoms with Crippen LogP contribution in [-0.2, 0) is 15.3 Å². The normalized spacial score (nSPS) is 19.7. The average Bonchev–Trinajstić information content (AvgIpc) is 3.98. The fourth-order valence-electron chi connectivity index (χ4n) is 7.26. The third-order valence-electron chi connectivity index (χ3n) is 9.93. The van der Waals surface area contributed by atoms with Crippen LogP contribution >= 0.6 is 0 Å². The van der Waals surface area contributed by atoms with Gasteiger partial charge in [0.15, 0.2) is 0 Å². The average molecular weight is 651 g/mol. The minimum atomic E-state index is -0.735. The summed E-state index contributed by atoms with van der Waals surface area (Å²) in [5, 5.41) is 8.38. The monoisotopic (exact) mass is 650 g/mol. The third kappa shape index (κ3) is 5.90. The minimum absolute atomic E-state index is 0.133. The van der Waals surface area contributed by atoms with E-state index in [1.54, 1.807) is 0 Å². The maximum absolute atomic E-state index is 13.6. The van der Waals surface area contributed by atoms with E-state index in [4.69, 9.17) is 10.7 Å². The molecule has 246 valence electrons. The molecule has 2 fully saturated rings. The Kier molecular flexibility index (Phi) is 8.03. The largest absolute Gasteiger partial charge is 0.343 e. The zero-order valence-electron chi connectivity index (χ0n) is 27.0. The van der Waals surface area contributed by atoms with Crippen LogP contribution in [0.3, 0.4) is 0 Å². The summed E-state index contributed by atoms with van der Waals surface area (Å²) in [6.45, 7) is 1.52. The van der Waals surface area contributed by atoms with Crippen LogP contribution in [0.15, 0.2) is 103 Å². The molecule has 0 bridgehead atoms. The van der Waals surface area contributed by atoms with Gasteiger partial charge in [-0.3, -0.25) is 14.9 Å². The second-order valence-electron chi connectivity index (χ2n) is 13.0. The molecule has 6 N–H and O–H groups in total. The molecule has 0 radical (unpaired) electrons. The number of nitrogens with zero attached hydrogens (tertiary/aromatic N) is 3. The molecule has 2 aliphatic heterocycles. The highest BCUT2D eigenvalue weighted by atomic mass is 16.2. The number of carbonyl (C=O) groups excluding carboxylic acids is 2. The molecule has 8 rings (SSSR count). The van der Waals surface area contributed by atoms with Crippen molar-refractivity contribution < 1.29 is 9.59 Å². The maximum atomic E-state index is 13.6. The van der Waals surface area contributed by atoms with Crippen molar-refractivity contribution >= 4 is 23.1 Å². The molecule has 10 heteroatoms. The quantitative estimate of drug-likeness (QED) is 0.123. The van der Waals surface area contributed by atoms with Gasteiger partial charge in [0.2, 0.25) is 12.3 Å². The van der Waals surface area contributed by atoms with E-state index in [0.717, 1.165) is 93.9 Å². The Balaban J connectivity index is 0.975. The number of fused-ring (bicyclic) bond motifs is 1. The Labute approximate surface area is 284 Å². The zero-order valence-corrected chi connectivity index (χ0v) is 27.0. The van der Waals surface area contributed by atoms with Crippen molar-refractivity contribution in [3.05, 3.63) is 121 Å². The molecule has 49 heavy (non-hydrogen) atoms. The third-order valence-corrected chi connectivity index (χ3v) is 9.93. The first-order chi connectivity index (χ1) is 24.0.